The molecule has 1 fully saturated rings. The van der Waals surface area contributed by atoms with E-state index in [0.717, 1.165) is 6.42 Å². The van der Waals surface area contributed by atoms with Crippen molar-refractivity contribution < 1.29 is 0 Å². The Balaban J connectivity index is 2.34. The molecule has 0 aromatic heterocycles. The summed E-state index contributed by atoms with van der Waals surface area (Å²) in [7, 11) is 0. The van der Waals surface area contributed by atoms with E-state index in [1.807, 2.05) is 6.08 Å². The largest absolute Gasteiger partial charge is 0.198 e. The van der Waals surface area contributed by atoms with E-state index in [2.05, 4.69) is 12.6 Å². The topological polar surface area (TPSA) is 23.8 Å². The predicted molar refractivity (Wildman–Crippen MR) is 27.4 cm³/mol. The Kier molecular flexibility index (Phi) is 0.867. The maximum Gasteiger partial charge on any atom is 0.0662 e. The molecule has 0 aromatic carbocycles. The molecule has 0 aliphatic heterocycles. The molecule has 1 rings (SSSR count). The van der Waals surface area contributed by atoms with Crippen LogP contribution in [0.25, 0.3) is 0 Å². The molecule has 0 aromatic rings. The summed E-state index contributed by atoms with van der Waals surface area (Å²) in [6.45, 7) is 3.57. The third kappa shape index (κ3) is 0.640. The molecule has 0 unspecified atom stereocenters. The fourth-order valence-corrected chi connectivity index (χ4v) is 0.624. The van der Waals surface area contributed by atoms with Gasteiger partial charge in [-0.25, -0.2) is 0 Å². The summed E-state index contributed by atoms with van der Waals surface area (Å²) in [5.41, 5.74) is 0. The van der Waals surface area contributed by atoms with Crippen molar-refractivity contribution in [3.05, 3.63) is 12.7 Å². The van der Waals surface area contributed by atoms with Gasteiger partial charge in [-0.2, -0.15) is 5.26 Å². The van der Waals surface area contributed by atoms with Gasteiger partial charge in [-0.3, -0.25) is 0 Å². The first-order chi connectivity index (χ1) is 3.38. The monoisotopic (exact) mass is 93.1 g/mol. The van der Waals surface area contributed by atoms with Gasteiger partial charge in [0.15, 0.2) is 0 Å². The Hall–Kier alpha value is -0.770. The molecule has 0 radical (unpaired) electrons. The zero-order valence-electron chi connectivity index (χ0n) is 4.09. The smallest absolute Gasteiger partial charge is 0.0662 e. The SMILES string of the molecule is C=C[C@H]1C[C@@H]1C#N. The standard InChI is InChI=1S/C6H7N/c1-2-5-3-6(5)4-7/h2,5-6H,1,3H2/t5-,6+/m0/s1. The lowest BCUT2D eigenvalue weighted by Crippen LogP contribution is -1.66. The van der Waals surface area contributed by atoms with Crippen LogP contribution >= 0.6 is 0 Å². The molecule has 0 saturated heterocycles. The first-order valence-electron chi connectivity index (χ1n) is 2.40. The Morgan fingerprint density at radius 3 is 2.71 bits per heavy atom. The molecule has 0 amide bonds. The van der Waals surface area contributed by atoms with Gasteiger partial charge in [-0.1, -0.05) is 6.08 Å². The Morgan fingerprint density at radius 2 is 2.57 bits per heavy atom. The van der Waals surface area contributed by atoms with Crippen molar-refractivity contribution >= 4 is 0 Å². The van der Waals surface area contributed by atoms with Crippen LogP contribution in [0.1, 0.15) is 6.42 Å². The first-order valence-corrected chi connectivity index (χ1v) is 2.40. The predicted octanol–water partition coefficient (Wildman–Crippen LogP) is 1.33. The van der Waals surface area contributed by atoms with Crippen molar-refractivity contribution in [1.82, 2.24) is 0 Å². The fraction of sp³-hybridized carbons (Fsp3) is 0.500. The van der Waals surface area contributed by atoms with Crippen molar-refractivity contribution in [3.63, 3.8) is 0 Å². The van der Waals surface area contributed by atoms with E-state index in [-0.39, 0.29) is 0 Å². The zero-order chi connectivity index (χ0) is 5.28. The van der Waals surface area contributed by atoms with Gasteiger partial charge in [0.1, 0.15) is 0 Å². The molecule has 36 valence electrons. The molecule has 2 atom stereocenters. The summed E-state index contributed by atoms with van der Waals surface area (Å²) in [6.07, 6.45) is 2.90. The number of hydrogen-bond donors (Lipinski definition) is 0. The number of allylic oxidation sites excluding steroid dienone is 1. The highest BCUT2D eigenvalue weighted by Crippen LogP contribution is 2.37. The van der Waals surface area contributed by atoms with Crippen LogP contribution in [0, 0.1) is 23.2 Å². The molecule has 0 heterocycles. The summed E-state index contributed by atoms with van der Waals surface area (Å²) in [5.74, 6) is 0.822. The Morgan fingerprint density at radius 1 is 1.86 bits per heavy atom. The minimum atomic E-state index is 0.303. The molecular formula is C6H7N. The van der Waals surface area contributed by atoms with Crippen LogP contribution < -0.4 is 0 Å². The third-order valence-corrected chi connectivity index (χ3v) is 1.31. The maximum atomic E-state index is 8.21. The van der Waals surface area contributed by atoms with E-state index in [1.54, 1.807) is 0 Å². The fourth-order valence-electron chi connectivity index (χ4n) is 0.624. The number of nitrogens with zero attached hydrogens (tertiary/aromatic N) is 1. The van der Waals surface area contributed by atoms with E-state index < -0.39 is 0 Å². The zero-order valence-corrected chi connectivity index (χ0v) is 4.09. The highest BCUT2D eigenvalue weighted by Gasteiger charge is 2.33. The van der Waals surface area contributed by atoms with Crippen LogP contribution in [0.3, 0.4) is 0 Å². The van der Waals surface area contributed by atoms with Crippen LogP contribution in [-0.2, 0) is 0 Å². The second-order valence-corrected chi connectivity index (χ2v) is 1.87. The molecule has 1 nitrogen and oxygen atoms in total. The molecular weight excluding hydrogens is 86.1 g/mol. The average molecular weight is 93.1 g/mol. The summed E-state index contributed by atoms with van der Waals surface area (Å²) in [4.78, 5) is 0. The van der Waals surface area contributed by atoms with Gasteiger partial charge < -0.3 is 0 Å². The van der Waals surface area contributed by atoms with Gasteiger partial charge in [0.2, 0.25) is 0 Å². The second-order valence-electron chi connectivity index (χ2n) is 1.87. The van der Waals surface area contributed by atoms with Gasteiger partial charge in [0.05, 0.1) is 12.0 Å². The van der Waals surface area contributed by atoms with Crippen molar-refractivity contribution in [1.29, 1.82) is 5.26 Å². The van der Waals surface area contributed by atoms with Crippen LogP contribution in [0.15, 0.2) is 12.7 Å². The summed E-state index contributed by atoms with van der Waals surface area (Å²) in [5, 5.41) is 8.21. The first kappa shape index (κ1) is 4.39. The average Bonchev–Trinajstić information content (AvgIpc) is 2.43. The lowest BCUT2D eigenvalue weighted by molar-refractivity contribution is 1.01. The van der Waals surface area contributed by atoms with Gasteiger partial charge in [0, 0.05) is 0 Å². The molecule has 7 heavy (non-hydrogen) atoms. The molecule has 0 spiro atoms. The lowest BCUT2D eigenvalue weighted by atomic mass is 10.3. The minimum absolute atomic E-state index is 0.303. The van der Waals surface area contributed by atoms with E-state index in [0.29, 0.717) is 11.8 Å². The molecule has 0 bridgehead atoms. The van der Waals surface area contributed by atoms with Crippen molar-refractivity contribution in [3.8, 4) is 6.07 Å². The minimum Gasteiger partial charge on any atom is -0.198 e. The van der Waals surface area contributed by atoms with Crippen molar-refractivity contribution in [2.75, 3.05) is 0 Å². The van der Waals surface area contributed by atoms with Crippen LogP contribution in [0.5, 0.6) is 0 Å². The van der Waals surface area contributed by atoms with Gasteiger partial charge >= 0.3 is 0 Å². The Bertz CT molecular complexity index is 121. The van der Waals surface area contributed by atoms with E-state index in [4.69, 9.17) is 5.26 Å². The maximum absolute atomic E-state index is 8.21. The lowest BCUT2D eigenvalue weighted by Gasteiger charge is -1.70. The van der Waals surface area contributed by atoms with Crippen LogP contribution in [0.2, 0.25) is 0 Å². The third-order valence-electron chi connectivity index (χ3n) is 1.31. The van der Waals surface area contributed by atoms with E-state index in [1.165, 1.54) is 0 Å². The number of rotatable bonds is 1. The van der Waals surface area contributed by atoms with Gasteiger partial charge in [-0.05, 0) is 12.3 Å². The molecule has 1 aliphatic rings. The molecule has 0 N–H and O–H groups in total. The van der Waals surface area contributed by atoms with Gasteiger partial charge in [-0.15, -0.1) is 6.58 Å². The summed E-state index contributed by atoms with van der Waals surface area (Å²) in [6, 6.07) is 2.17. The summed E-state index contributed by atoms with van der Waals surface area (Å²) >= 11 is 0. The number of hydrogen-bond acceptors (Lipinski definition) is 1. The van der Waals surface area contributed by atoms with Gasteiger partial charge in [0.25, 0.3) is 0 Å². The highest BCUT2D eigenvalue weighted by atomic mass is 14.4. The molecule has 1 aliphatic carbocycles. The molecule has 1 heteroatoms. The highest BCUT2D eigenvalue weighted by molar-refractivity contribution is 5.08. The van der Waals surface area contributed by atoms with Crippen molar-refractivity contribution in [2.45, 2.75) is 6.42 Å². The van der Waals surface area contributed by atoms with Crippen molar-refractivity contribution in [2.24, 2.45) is 11.8 Å². The quantitative estimate of drug-likeness (QED) is 0.449. The summed E-state index contributed by atoms with van der Waals surface area (Å²) < 4.78 is 0. The van der Waals surface area contributed by atoms with E-state index >= 15 is 0 Å². The second kappa shape index (κ2) is 1.38. The Labute approximate surface area is 43.3 Å². The number of nitriles is 1. The van der Waals surface area contributed by atoms with Crippen LogP contribution in [-0.4, -0.2) is 0 Å². The normalized spacial score (nSPS) is 36.4. The van der Waals surface area contributed by atoms with Crippen LogP contribution in [0.4, 0.5) is 0 Å². The molecule has 1 saturated carbocycles. The van der Waals surface area contributed by atoms with E-state index in [9.17, 15) is 0 Å².